The number of halogens is 1. The van der Waals surface area contributed by atoms with Gasteiger partial charge in [-0.15, -0.1) is 11.6 Å². The fourth-order valence-electron chi connectivity index (χ4n) is 2.06. The minimum absolute atomic E-state index is 0.00558. The molecule has 0 aliphatic carbocycles. The number of carbonyl (C=O) groups is 1. The second kappa shape index (κ2) is 4.94. The third-order valence-corrected chi connectivity index (χ3v) is 3.22. The van der Waals surface area contributed by atoms with Gasteiger partial charge in [0.15, 0.2) is 5.78 Å². The Labute approximate surface area is 111 Å². The van der Waals surface area contributed by atoms with E-state index in [1.54, 1.807) is 0 Å². The van der Waals surface area contributed by atoms with E-state index in [-0.39, 0.29) is 11.7 Å². The van der Waals surface area contributed by atoms with Gasteiger partial charge in [-0.3, -0.25) is 4.79 Å². The maximum Gasteiger partial charge on any atom is 0.179 e. The quantitative estimate of drug-likeness (QED) is 0.629. The first-order valence-corrected chi connectivity index (χ1v) is 6.29. The summed E-state index contributed by atoms with van der Waals surface area (Å²) in [6, 6.07) is 5.82. The molecule has 0 aliphatic rings. The van der Waals surface area contributed by atoms with E-state index in [1.165, 1.54) is 0 Å². The average molecular weight is 263 g/mol. The van der Waals surface area contributed by atoms with Crippen LogP contribution in [0.15, 0.2) is 24.4 Å². The van der Waals surface area contributed by atoms with Crippen molar-refractivity contribution in [2.24, 2.45) is 0 Å². The van der Waals surface area contributed by atoms with E-state index in [1.807, 2.05) is 49.7 Å². The number of carbonyl (C=O) groups excluding carboxylic acids is 1. The summed E-state index contributed by atoms with van der Waals surface area (Å²) in [7, 11) is 0. The monoisotopic (exact) mass is 262 g/mol. The van der Waals surface area contributed by atoms with Crippen molar-refractivity contribution in [1.29, 1.82) is 0 Å². The first-order valence-electron chi connectivity index (χ1n) is 5.75. The Morgan fingerprint density at radius 2 is 2.06 bits per heavy atom. The predicted molar refractivity (Wildman–Crippen MR) is 72.8 cm³/mol. The molecule has 0 atom stereocenters. The van der Waals surface area contributed by atoms with Crippen LogP contribution in [0.2, 0.25) is 0 Å². The Morgan fingerprint density at radius 1 is 1.33 bits per heavy atom. The smallest absolute Gasteiger partial charge is 0.179 e. The zero-order valence-electron chi connectivity index (χ0n) is 10.7. The van der Waals surface area contributed by atoms with Crippen LogP contribution < -0.4 is 0 Å². The molecule has 0 fully saturated rings. The fraction of sp³-hybridized carbons (Fsp3) is 0.286. The van der Waals surface area contributed by atoms with Gasteiger partial charge in [-0.1, -0.05) is 6.07 Å². The van der Waals surface area contributed by atoms with E-state index in [4.69, 9.17) is 11.6 Å². The van der Waals surface area contributed by atoms with Crippen LogP contribution in [0, 0.1) is 20.8 Å². The number of nitrogens with zero attached hydrogens (tertiary/aromatic N) is 2. The van der Waals surface area contributed by atoms with E-state index in [9.17, 15) is 4.79 Å². The Balaban J connectivity index is 2.55. The van der Waals surface area contributed by atoms with Crippen LogP contribution in [-0.2, 0) is 0 Å². The molecule has 2 aromatic heterocycles. The molecule has 94 valence electrons. The number of ketones is 1. The highest BCUT2D eigenvalue weighted by molar-refractivity contribution is 6.30. The lowest BCUT2D eigenvalue weighted by molar-refractivity contribution is 0.102. The van der Waals surface area contributed by atoms with Gasteiger partial charge in [0.25, 0.3) is 0 Å². The van der Waals surface area contributed by atoms with Crippen molar-refractivity contribution >= 4 is 17.4 Å². The summed E-state index contributed by atoms with van der Waals surface area (Å²) in [5.41, 5.74) is 3.65. The van der Waals surface area contributed by atoms with Crippen LogP contribution >= 0.6 is 11.6 Å². The van der Waals surface area contributed by atoms with Crippen molar-refractivity contribution < 1.29 is 4.79 Å². The third kappa shape index (κ3) is 2.18. The predicted octanol–water partition coefficient (Wildman–Crippen LogP) is 3.22. The Kier molecular flexibility index (Phi) is 3.53. The van der Waals surface area contributed by atoms with Crippen molar-refractivity contribution in [3.8, 4) is 5.82 Å². The number of hydrogen-bond donors (Lipinski definition) is 0. The zero-order valence-corrected chi connectivity index (χ0v) is 11.5. The van der Waals surface area contributed by atoms with Crippen LogP contribution in [0.4, 0.5) is 0 Å². The largest absolute Gasteiger partial charge is 0.302 e. The molecule has 0 saturated heterocycles. The summed E-state index contributed by atoms with van der Waals surface area (Å²) in [4.78, 5) is 16.1. The van der Waals surface area contributed by atoms with E-state index in [2.05, 4.69) is 4.98 Å². The normalized spacial score (nSPS) is 10.7. The molecule has 2 aromatic rings. The number of rotatable bonds is 3. The van der Waals surface area contributed by atoms with Gasteiger partial charge in [-0.05, 0) is 38.5 Å². The Morgan fingerprint density at radius 3 is 2.61 bits per heavy atom. The zero-order chi connectivity index (χ0) is 13.3. The maximum absolute atomic E-state index is 11.7. The maximum atomic E-state index is 11.7. The number of alkyl halides is 1. The standard InChI is InChI=1S/C14H15ClN2O/c1-9-4-5-14(16-8-9)17-10(2)6-12(11(17)3)13(18)7-15/h4-6,8H,7H2,1-3H3. The summed E-state index contributed by atoms with van der Waals surface area (Å²) >= 11 is 5.61. The lowest BCUT2D eigenvalue weighted by Crippen LogP contribution is -2.05. The molecule has 4 heteroatoms. The highest BCUT2D eigenvalue weighted by atomic mass is 35.5. The van der Waals surface area contributed by atoms with Gasteiger partial charge in [0.2, 0.25) is 0 Å². The highest BCUT2D eigenvalue weighted by Crippen LogP contribution is 2.20. The molecule has 0 spiro atoms. The molecular weight excluding hydrogens is 248 g/mol. The lowest BCUT2D eigenvalue weighted by atomic mass is 10.2. The van der Waals surface area contributed by atoms with Crippen LogP contribution in [0.1, 0.15) is 27.3 Å². The Bertz CT molecular complexity index is 585. The summed E-state index contributed by atoms with van der Waals surface area (Å²) < 4.78 is 1.97. The van der Waals surface area contributed by atoms with E-state index in [0.29, 0.717) is 5.56 Å². The topological polar surface area (TPSA) is 34.9 Å². The summed E-state index contributed by atoms with van der Waals surface area (Å²) in [6.45, 7) is 5.86. The number of pyridine rings is 1. The van der Waals surface area contributed by atoms with Crippen molar-refractivity contribution in [3.63, 3.8) is 0 Å². The highest BCUT2D eigenvalue weighted by Gasteiger charge is 2.16. The SMILES string of the molecule is Cc1ccc(-n2c(C)cc(C(=O)CCl)c2C)nc1. The number of hydrogen-bond acceptors (Lipinski definition) is 2. The molecule has 0 aromatic carbocycles. The van der Waals surface area contributed by atoms with E-state index >= 15 is 0 Å². The van der Waals surface area contributed by atoms with Crippen molar-refractivity contribution in [2.45, 2.75) is 20.8 Å². The average Bonchev–Trinajstić information content (AvgIpc) is 2.65. The molecular formula is C14H15ClN2O. The number of aryl methyl sites for hydroxylation is 2. The van der Waals surface area contributed by atoms with Crippen LogP contribution in [-0.4, -0.2) is 21.2 Å². The molecule has 0 radical (unpaired) electrons. The lowest BCUT2D eigenvalue weighted by Gasteiger charge is -2.08. The van der Waals surface area contributed by atoms with Crippen molar-refractivity contribution in [1.82, 2.24) is 9.55 Å². The van der Waals surface area contributed by atoms with Crippen molar-refractivity contribution in [2.75, 3.05) is 5.88 Å². The molecule has 0 aliphatic heterocycles. The van der Waals surface area contributed by atoms with Gasteiger partial charge in [0, 0.05) is 23.1 Å². The molecule has 0 N–H and O–H groups in total. The second-order valence-corrected chi connectivity index (χ2v) is 4.64. The minimum Gasteiger partial charge on any atom is -0.302 e. The molecule has 0 amide bonds. The van der Waals surface area contributed by atoms with E-state index < -0.39 is 0 Å². The molecule has 2 rings (SSSR count). The first kappa shape index (κ1) is 12.8. The van der Waals surface area contributed by atoms with Crippen LogP contribution in [0.5, 0.6) is 0 Å². The van der Waals surface area contributed by atoms with Gasteiger partial charge in [-0.25, -0.2) is 4.98 Å². The molecule has 0 saturated carbocycles. The molecule has 0 unspecified atom stereocenters. The van der Waals surface area contributed by atoms with Gasteiger partial charge in [-0.2, -0.15) is 0 Å². The second-order valence-electron chi connectivity index (χ2n) is 4.37. The molecule has 2 heterocycles. The van der Waals surface area contributed by atoms with Crippen molar-refractivity contribution in [3.05, 3.63) is 46.9 Å². The fourth-order valence-corrected chi connectivity index (χ4v) is 2.21. The minimum atomic E-state index is -0.0527. The summed E-state index contributed by atoms with van der Waals surface area (Å²) in [6.07, 6.45) is 1.82. The summed E-state index contributed by atoms with van der Waals surface area (Å²) in [5, 5.41) is 0. The van der Waals surface area contributed by atoms with Gasteiger partial charge in [0.1, 0.15) is 5.82 Å². The first-order chi connectivity index (χ1) is 8.54. The Hall–Kier alpha value is -1.61. The number of Topliss-reactive ketones (excluding diaryl/α,β-unsaturated/α-hetero) is 1. The molecule has 18 heavy (non-hydrogen) atoms. The van der Waals surface area contributed by atoms with Gasteiger partial charge in [0.05, 0.1) is 5.88 Å². The molecule has 0 bridgehead atoms. The third-order valence-electron chi connectivity index (χ3n) is 2.98. The number of aromatic nitrogens is 2. The van der Waals surface area contributed by atoms with E-state index in [0.717, 1.165) is 22.8 Å². The van der Waals surface area contributed by atoms with Gasteiger partial charge >= 0.3 is 0 Å². The molecule has 3 nitrogen and oxygen atoms in total. The van der Waals surface area contributed by atoms with Crippen LogP contribution in [0.3, 0.4) is 0 Å². The van der Waals surface area contributed by atoms with Gasteiger partial charge < -0.3 is 4.57 Å². The van der Waals surface area contributed by atoms with Crippen LogP contribution in [0.25, 0.3) is 5.82 Å². The summed E-state index contributed by atoms with van der Waals surface area (Å²) in [5.74, 6) is 0.776.